The summed E-state index contributed by atoms with van der Waals surface area (Å²) in [5.41, 5.74) is 2.40. The molecule has 0 radical (unpaired) electrons. The zero-order valence-corrected chi connectivity index (χ0v) is 11.8. The van der Waals surface area contributed by atoms with E-state index in [0.717, 1.165) is 24.1 Å². The highest BCUT2D eigenvalue weighted by molar-refractivity contribution is 9.10. The maximum atomic E-state index is 13.9. The molecule has 1 aromatic heterocycles. The molecule has 0 saturated heterocycles. The summed E-state index contributed by atoms with van der Waals surface area (Å²) >= 11 is 3.22. The van der Waals surface area contributed by atoms with Gasteiger partial charge in [0.25, 0.3) is 0 Å². The summed E-state index contributed by atoms with van der Waals surface area (Å²) in [6.07, 6.45) is 2.58. The summed E-state index contributed by atoms with van der Waals surface area (Å²) in [5, 5.41) is 10.4. The number of nitrogens with zero attached hydrogens (tertiary/aromatic N) is 1. The summed E-state index contributed by atoms with van der Waals surface area (Å²) < 4.78 is 14.6. The number of aryl methyl sites for hydroxylation is 1. The Morgan fingerprint density at radius 1 is 1.37 bits per heavy atom. The normalized spacial score (nSPS) is 19.2. The Kier molecular flexibility index (Phi) is 3.37. The highest BCUT2D eigenvalue weighted by atomic mass is 79.9. The van der Waals surface area contributed by atoms with Crippen molar-refractivity contribution in [3.8, 4) is 0 Å². The molecule has 2 nitrogen and oxygen atoms in total. The predicted molar refractivity (Wildman–Crippen MR) is 74.4 cm³/mol. The predicted octanol–water partition coefficient (Wildman–Crippen LogP) is 3.75. The number of pyridine rings is 1. The van der Waals surface area contributed by atoms with Crippen molar-refractivity contribution in [2.75, 3.05) is 0 Å². The highest BCUT2D eigenvalue weighted by Crippen LogP contribution is 2.41. The number of rotatable bonds is 2. The standard InChI is InChI=1S/C15H13BrFNO/c16-10-4-6-11(13(17)8-10)15(19)12-5-3-9-2-1-7-18-14(9)12/h1-2,4,6-8,12,15,19H,3,5H2. The molecule has 1 N–H and O–H groups in total. The van der Waals surface area contributed by atoms with Gasteiger partial charge in [0.1, 0.15) is 5.82 Å². The molecule has 0 bridgehead atoms. The van der Waals surface area contributed by atoms with Crippen LogP contribution in [0.25, 0.3) is 0 Å². The zero-order valence-electron chi connectivity index (χ0n) is 10.2. The second-order valence-corrected chi connectivity index (χ2v) is 5.72. The van der Waals surface area contributed by atoms with Gasteiger partial charge >= 0.3 is 0 Å². The van der Waals surface area contributed by atoms with Crippen LogP contribution in [0.2, 0.25) is 0 Å². The Balaban J connectivity index is 1.95. The van der Waals surface area contributed by atoms with Crippen LogP contribution in [0.4, 0.5) is 4.39 Å². The van der Waals surface area contributed by atoms with Crippen LogP contribution in [-0.2, 0) is 6.42 Å². The summed E-state index contributed by atoms with van der Waals surface area (Å²) in [5.74, 6) is -0.502. The number of hydrogen-bond donors (Lipinski definition) is 1. The first-order valence-corrected chi connectivity index (χ1v) is 7.03. The molecule has 2 atom stereocenters. The van der Waals surface area contributed by atoms with Gasteiger partial charge in [-0.3, -0.25) is 4.98 Å². The van der Waals surface area contributed by atoms with E-state index >= 15 is 0 Å². The fourth-order valence-electron chi connectivity index (χ4n) is 2.71. The van der Waals surface area contributed by atoms with Gasteiger partial charge in [0.2, 0.25) is 0 Å². The smallest absolute Gasteiger partial charge is 0.130 e. The quantitative estimate of drug-likeness (QED) is 0.913. The number of benzene rings is 1. The monoisotopic (exact) mass is 321 g/mol. The van der Waals surface area contributed by atoms with Crippen molar-refractivity contribution in [1.82, 2.24) is 4.98 Å². The fraction of sp³-hybridized carbons (Fsp3) is 0.267. The molecule has 1 aliphatic carbocycles. The topological polar surface area (TPSA) is 33.1 Å². The highest BCUT2D eigenvalue weighted by Gasteiger charge is 2.31. The maximum Gasteiger partial charge on any atom is 0.130 e. The first-order chi connectivity index (χ1) is 9.16. The lowest BCUT2D eigenvalue weighted by Crippen LogP contribution is -2.11. The zero-order chi connectivity index (χ0) is 13.4. The molecule has 0 fully saturated rings. The minimum Gasteiger partial charge on any atom is -0.388 e. The first kappa shape index (κ1) is 12.8. The molecular weight excluding hydrogens is 309 g/mol. The molecular formula is C15H13BrFNO. The number of aromatic nitrogens is 1. The summed E-state index contributed by atoms with van der Waals surface area (Å²) in [4.78, 5) is 4.34. The largest absolute Gasteiger partial charge is 0.388 e. The minimum atomic E-state index is -0.843. The molecule has 98 valence electrons. The van der Waals surface area contributed by atoms with Gasteiger partial charge in [0, 0.05) is 27.8 Å². The number of hydrogen-bond acceptors (Lipinski definition) is 2. The fourth-order valence-corrected chi connectivity index (χ4v) is 3.04. The maximum absolute atomic E-state index is 13.9. The van der Waals surface area contributed by atoms with Crippen molar-refractivity contribution in [3.63, 3.8) is 0 Å². The number of aliphatic hydroxyl groups is 1. The van der Waals surface area contributed by atoms with E-state index in [1.165, 1.54) is 6.07 Å². The van der Waals surface area contributed by atoms with E-state index in [1.807, 2.05) is 12.1 Å². The molecule has 3 rings (SSSR count). The van der Waals surface area contributed by atoms with Gasteiger partial charge in [-0.05, 0) is 36.6 Å². The molecule has 19 heavy (non-hydrogen) atoms. The third-order valence-electron chi connectivity index (χ3n) is 3.66. The van der Waals surface area contributed by atoms with Crippen LogP contribution in [0.15, 0.2) is 41.0 Å². The Labute approximate surface area is 119 Å². The van der Waals surface area contributed by atoms with Crippen LogP contribution in [0.3, 0.4) is 0 Å². The third kappa shape index (κ3) is 2.30. The van der Waals surface area contributed by atoms with Gasteiger partial charge in [-0.2, -0.15) is 0 Å². The van der Waals surface area contributed by atoms with E-state index in [-0.39, 0.29) is 11.7 Å². The van der Waals surface area contributed by atoms with Gasteiger partial charge < -0.3 is 5.11 Å². The van der Waals surface area contributed by atoms with Crippen molar-refractivity contribution in [1.29, 1.82) is 0 Å². The number of aliphatic hydroxyl groups excluding tert-OH is 1. The average molecular weight is 322 g/mol. The molecule has 1 heterocycles. The van der Waals surface area contributed by atoms with Gasteiger partial charge in [-0.25, -0.2) is 4.39 Å². The third-order valence-corrected chi connectivity index (χ3v) is 4.16. The van der Waals surface area contributed by atoms with Crippen molar-refractivity contribution in [2.24, 2.45) is 0 Å². The van der Waals surface area contributed by atoms with E-state index in [9.17, 15) is 9.50 Å². The van der Waals surface area contributed by atoms with Crippen LogP contribution in [0.1, 0.15) is 35.3 Å². The van der Waals surface area contributed by atoms with Crippen LogP contribution >= 0.6 is 15.9 Å². The second kappa shape index (κ2) is 5.02. The minimum absolute atomic E-state index is 0.119. The molecule has 1 aromatic carbocycles. The Hall–Kier alpha value is -1.26. The van der Waals surface area contributed by atoms with Crippen LogP contribution in [0.5, 0.6) is 0 Å². The van der Waals surface area contributed by atoms with Crippen molar-refractivity contribution in [2.45, 2.75) is 24.9 Å². The number of halogens is 2. The van der Waals surface area contributed by atoms with E-state index in [2.05, 4.69) is 20.9 Å². The lowest BCUT2D eigenvalue weighted by atomic mass is 9.93. The summed E-state index contributed by atoms with van der Waals surface area (Å²) in [6.45, 7) is 0. The van der Waals surface area contributed by atoms with Gasteiger partial charge in [-0.15, -0.1) is 0 Å². The van der Waals surface area contributed by atoms with Gasteiger partial charge in [0.05, 0.1) is 6.10 Å². The average Bonchev–Trinajstić information content (AvgIpc) is 2.82. The molecule has 2 unspecified atom stereocenters. The summed E-state index contributed by atoms with van der Waals surface area (Å²) in [6, 6.07) is 8.68. The van der Waals surface area contributed by atoms with E-state index in [0.29, 0.717) is 10.0 Å². The molecule has 0 spiro atoms. The number of fused-ring (bicyclic) bond motifs is 1. The van der Waals surface area contributed by atoms with Crippen molar-refractivity contribution < 1.29 is 9.50 Å². The molecule has 2 aromatic rings. The second-order valence-electron chi connectivity index (χ2n) is 4.80. The van der Waals surface area contributed by atoms with Crippen LogP contribution in [-0.4, -0.2) is 10.1 Å². The molecule has 0 amide bonds. The lowest BCUT2D eigenvalue weighted by Gasteiger charge is -2.19. The molecule has 1 aliphatic rings. The van der Waals surface area contributed by atoms with Crippen molar-refractivity contribution in [3.05, 3.63) is 63.6 Å². The Morgan fingerprint density at radius 2 is 2.21 bits per heavy atom. The summed E-state index contributed by atoms with van der Waals surface area (Å²) in [7, 11) is 0. The molecule has 0 aliphatic heterocycles. The van der Waals surface area contributed by atoms with E-state index in [4.69, 9.17) is 0 Å². The van der Waals surface area contributed by atoms with Crippen LogP contribution in [0, 0.1) is 5.82 Å². The first-order valence-electron chi connectivity index (χ1n) is 6.23. The Bertz CT molecular complexity index is 617. The molecule has 4 heteroatoms. The molecule has 0 saturated carbocycles. The van der Waals surface area contributed by atoms with Gasteiger partial charge in [0.15, 0.2) is 0 Å². The van der Waals surface area contributed by atoms with E-state index in [1.54, 1.807) is 18.3 Å². The SMILES string of the molecule is OC(c1ccc(Br)cc1F)C1CCc2cccnc21. The van der Waals surface area contributed by atoms with Crippen molar-refractivity contribution >= 4 is 15.9 Å². The van der Waals surface area contributed by atoms with E-state index < -0.39 is 6.10 Å². The lowest BCUT2D eigenvalue weighted by molar-refractivity contribution is 0.139. The van der Waals surface area contributed by atoms with Gasteiger partial charge in [-0.1, -0.05) is 28.1 Å². The van der Waals surface area contributed by atoms with Crippen LogP contribution < -0.4 is 0 Å². The Morgan fingerprint density at radius 3 is 3.00 bits per heavy atom.